The van der Waals surface area contributed by atoms with Crippen LogP contribution in [0.2, 0.25) is 12.6 Å². The van der Waals surface area contributed by atoms with Crippen LogP contribution in [0.3, 0.4) is 0 Å². The first-order valence-electron chi connectivity index (χ1n) is 10.8. The number of rotatable bonds is 6. The van der Waals surface area contributed by atoms with Crippen molar-refractivity contribution in [2.45, 2.75) is 82.7 Å². The number of ether oxygens (including phenoxy) is 1. The molecule has 2 aliphatic carbocycles. The van der Waals surface area contributed by atoms with Gasteiger partial charge in [0.2, 0.25) is 0 Å². The Morgan fingerprint density at radius 2 is 1.44 bits per heavy atom. The summed E-state index contributed by atoms with van der Waals surface area (Å²) in [6, 6.07) is 8.06. The molecule has 0 atom stereocenters. The lowest BCUT2D eigenvalue weighted by atomic mass is 9.68. The van der Waals surface area contributed by atoms with Crippen LogP contribution in [0.5, 0.6) is 5.75 Å². The number of hydrogen-bond acceptors (Lipinski definition) is 1. The summed E-state index contributed by atoms with van der Waals surface area (Å²) in [6.07, 6.45) is 7.51. The molecular weight excluding hydrogens is 365 g/mol. The largest absolute Gasteiger partial charge is 0.573 e. The van der Waals surface area contributed by atoms with Crippen LogP contribution in [-0.2, 0) is 0 Å². The maximum absolute atomic E-state index is 12.3. The van der Waals surface area contributed by atoms with Crippen LogP contribution in [0.15, 0.2) is 24.3 Å². The molecule has 0 saturated heterocycles. The molecule has 2 fully saturated rings. The van der Waals surface area contributed by atoms with Crippen molar-refractivity contribution in [2.75, 3.05) is 0 Å². The number of benzene rings is 1. The van der Waals surface area contributed by atoms with Crippen LogP contribution >= 0.6 is 0 Å². The average molecular weight is 399 g/mol. The normalized spacial score (nSPS) is 29.9. The average Bonchev–Trinajstić information content (AvgIpc) is 2.66. The molecule has 1 nitrogen and oxygen atoms in total. The molecule has 5 heteroatoms. The van der Waals surface area contributed by atoms with E-state index in [1.54, 1.807) is 0 Å². The van der Waals surface area contributed by atoms with Crippen molar-refractivity contribution in [2.24, 2.45) is 17.8 Å². The standard InChI is InChI=1S/C22H33F3OSi/c1-27-15-14-16-2-4-17(5-3-16)18-6-8-19(9-7-18)20-10-12-21(13-11-20)26-22(23,24)25/h10-13,16-19H,2-9,14-15,27H2,1H3/t16-,17-,18-,19-. The van der Waals surface area contributed by atoms with Crippen molar-refractivity contribution in [3.63, 3.8) is 0 Å². The molecule has 0 unspecified atom stereocenters. The first-order chi connectivity index (χ1) is 12.9. The molecule has 152 valence electrons. The first kappa shape index (κ1) is 20.8. The highest BCUT2D eigenvalue weighted by atomic mass is 28.2. The molecule has 0 amide bonds. The van der Waals surface area contributed by atoms with Crippen molar-refractivity contribution in [1.82, 2.24) is 0 Å². The second kappa shape index (κ2) is 9.49. The SMILES string of the molecule is C[SiH2]CC[C@H]1CC[C@H]([C@H]2CC[C@H](c3ccc(OC(F)(F)F)cc3)CC2)CC1. The molecule has 0 N–H and O–H groups in total. The van der Waals surface area contributed by atoms with E-state index < -0.39 is 6.36 Å². The summed E-state index contributed by atoms with van der Waals surface area (Å²) in [5, 5.41) is 0. The Morgan fingerprint density at radius 1 is 0.889 bits per heavy atom. The van der Waals surface area contributed by atoms with E-state index in [-0.39, 0.29) is 15.3 Å². The first-order valence-corrected chi connectivity index (χ1v) is 13.2. The third-order valence-corrected chi connectivity index (χ3v) is 8.00. The third kappa shape index (κ3) is 6.26. The molecule has 2 saturated carbocycles. The van der Waals surface area contributed by atoms with E-state index in [9.17, 15) is 13.2 Å². The Morgan fingerprint density at radius 3 is 1.96 bits per heavy atom. The van der Waals surface area contributed by atoms with E-state index >= 15 is 0 Å². The Labute approximate surface area is 163 Å². The monoisotopic (exact) mass is 398 g/mol. The highest BCUT2D eigenvalue weighted by molar-refractivity contribution is 6.33. The quantitative estimate of drug-likeness (QED) is 0.485. The molecule has 0 aliphatic heterocycles. The lowest BCUT2D eigenvalue weighted by Gasteiger charge is -2.38. The molecule has 0 radical (unpaired) electrons. The van der Waals surface area contributed by atoms with Gasteiger partial charge in [0, 0.05) is 9.52 Å². The minimum atomic E-state index is -4.61. The topological polar surface area (TPSA) is 9.23 Å². The van der Waals surface area contributed by atoms with Crippen molar-refractivity contribution < 1.29 is 17.9 Å². The summed E-state index contributed by atoms with van der Waals surface area (Å²) in [7, 11) is 0.230. The molecule has 2 aliphatic rings. The fraction of sp³-hybridized carbons (Fsp3) is 0.727. The van der Waals surface area contributed by atoms with Crippen molar-refractivity contribution in [1.29, 1.82) is 0 Å². The molecular formula is C22H33F3OSi. The van der Waals surface area contributed by atoms with Crippen LogP contribution in [0.4, 0.5) is 13.2 Å². The van der Waals surface area contributed by atoms with Gasteiger partial charge < -0.3 is 4.74 Å². The molecule has 27 heavy (non-hydrogen) atoms. The van der Waals surface area contributed by atoms with E-state index in [0.717, 1.165) is 23.3 Å². The van der Waals surface area contributed by atoms with Crippen LogP contribution in [0, 0.1) is 17.8 Å². The Kier molecular flexibility index (Phi) is 7.29. The Hall–Kier alpha value is -0.973. The number of hydrogen-bond donors (Lipinski definition) is 0. The Bertz CT molecular complexity index is 556. The van der Waals surface area contributed by atoms with Gasteiger partial charge in [0.25, 0.3) is 0 Å². The number of halogens is 3. The van der Waals surface area contributed by atoms with Gasteiger partial charge in [-0.15, -0.1) is 13.2 Å². The lowest BCUT2D eigenvalue weighted by molar-refractivity contribution is -0.274. The van der Waals surface area contributed by atoms with Crippen molar-refractivity contribution >= 4 is 9.52 Å². The van der Waals surface area contributed by atoms with Gasteiger partial charge in [0.15, 0.2) is 0 Å². The second-order valence-electron chi connectivity index (χ2n) is 8.65. The molecule has 1 aromatic carbocycles. The summed E-state index contributed by atoms with van der Waals surface area (Å²) in [5.74, 6) is 3.16. The maximum atomic E-state index is 12.3. The summed E-state index contributed by atoms with van der Waals surface area (Å²) in [4.78, 5) is 0. The maximum Gasteiger partial charge on any atom is 0.573 e. The minimum absolute atomic E-state index is 0.123. The zero-order valence-corrected chi connectivity index (χ0v) is 17.9. The van der Waals surface area contributed by atoms with Gasteiger partial charge in [-0.2, -0.15) is 0 Å². The number of alkyl halides is 3. The van der Waals surface area contributed by atoms with E-state index in [2.05, 4.69) is 11.3 Å². The van der Waals surface area contributed by atoms with Gasteiger partial charge in [0.1, 0.15) is 5.75 Å². The van der Waals surface area contributed by atoms with Crippen molar-refractivity contribution in [3.05, 3.63) is 29.8 Å². The molecule has 3 rings (SSSR count). The zero-order chi connectivity index (χ0) is 19.3. The smallest absolute Gasteiger partial charge is 0.406 e. The molecule has 0 heterocycles. The van der Waals surface area contributed by atoms with E-state index in [0.29, 0.717) is 5.92 Å². The summed E-state index contributed by atoms with van der Waals surface area (Å²) < 4.78 is 40.8. The summed E-state index contributed by atoms with van der Waals surface area (Å²) in [5.41, 5.74) is 1.16. The van der Waals surface area contributed by atoms with Gasteiger partial charge in [-0.05, 0) is 79.9 Å². The predicted molar refractivity (Wildman–Crippen MR) is 107 cm³/mol. The molecule has 0 bridgehead atoms. The van der Waals surface area contributed by atoms with E-state index in [1.165, 1.54) is 76.0 Å². The fourth-order valence-corrected chi connectivity index (χ4v) is 6.29. The van der Waals surface area contributed by atoms with E-state index in [1.807, 2.05) is 12.1 Å². The van der Waals surface area contributed by atoms with Gasteiger partial charge >= 0.3 is 6.36 Å². The van der Waals surface area contributed by atoms with Gasteiger partial charge in [-0.3, -0.25) is 0 Å². The summed E-state index contributed by atoms with van der Waals surface area (Å²) >= 11 is 0. The van der Waals surface area contributed by atoms with Crippen LogP contribution < -0.4 is 4.74 Å². The summed E-state index contributed by atoms with van der Waals surface area (Å²) in [6.45, 7) is 2.42. The molecule has 1 aromatic rings. The third-order valence-electron chi connectivity index (χ3n) is 6.88. The van der Waals surface area contributed by atoms with Gasteiger partial charge in [-0.1, -0.05) is 44.0 Å². The van der Waals surface area contributed by atoms with Crippen molar-refractivity contribution in [3.8, 4) is 5.75 Å². The molecule has 0 aromatic heterocycles. The van der Waals surface area contributed by atoms with E-state index in [4.69, 9.17) is 0 Å². The van der Waals surface area contributed by atoms with Crippen LogP contribution in [-0.4, -0.2) is 15.9 Å². The predicted octanol–water partition coefficient (Wildman–Crippen LogP) is 6.69. The Balaban J connectivity index is 1.44. The second-order valence-corrected chi connectivity index (χ2v) is 10.4. The molecule has 0 spiro atoms. The lowest BCUT2D eigenvalue weighted by Crippen LogP contribution is -2.25. The van der Waals surface area contributed by atoms with Crippen LogP contribution in [0.25, 0.3) is 0 Å². The van der Waals surface area contributed by atoms with Gasteiger partial charge in [0.05, 0.1) is 0 Å². The van der Waals surface area contributed by atoms with Crippen LogP contribution in [0.1, 0.15) is 69.3 Å². The minimum Gasteiger partial charge on any atom is -0.406 e. The zero-order valence-electron chi connectivity index (χ0n) is 16.4. The van der Waals surface area contributed by atoms with Gasteiger partial charge in [-0.25, -0.2) is 0 Å². The fourth-order valence-electron chi connectivity index (χ4n) is 5.31. The highest BCUT2D eigenvalue weighted by Crippen LogP contribution is 2.44. The highest BCUT2D eigenvalue weighted by Gasteiger charge is 2.32.